The Morgan fingerprint density at radius 1 is 0.820 bits per heavy atom. The first-order valence-electron chi connectivity index (χ1n) is 16.4. The second-order valence-corrected chi connectivity index (χ2v) is 13.1. The Labute approximate surface area is 300 Å². The third kappa shape index (κ3) is 7.13. The lowest BCUT2D eigenvalue weighted by Gasteiger charge is -2.38. The predicted octanol–water partition coefficient (Wildman–Crippen LogP) is 5.95. The molecule has 0 spiro atoms. The van der Waals surface area contributed by atoms with Crippen LogP contribution in [0.15, 0.2) is 73.2 Å². The molecule has 0 radical (unpaired) electrons. The molecular weight excluding hydrogens is 675 g/mol. The van der Waals surface area contributed by atoms with Gasteiger partial charge in [0.2, 0.25) is 17.7 Å². The van der Waals surface area contributed by atoms with Gasteiger partial charge in [0.05, 0.1) is 48.0 Å². The molecule has 0 aliphatic carbocycles. The summed E-state index contributed by atoms with van der Waals surface area (Å²) < 4.78 is 11.3. The number of nitrogens with zero attached hydrogens (tertiary/aromatic N) is 6. The van der Waals surface area contributed by atoms with Crippen molar-refractivity contribution in [3.8, 4) is 45.4 Å². The van der Waals surface area contributed by atoms with E-state index in [1.807, 2.05) is 54.7 Å². The molecule has 2 N–H and O–H groups in total. The lowest BCUT2D eigenvalue weighted by molar-refractivity contribution is -0.119. The van der Waals surface area contributed by atoms with E-state index in [9.17, 15) is 4.79 Å². The number of pyridine rings is 1. The van der Waals surface area contributed by atoms with Crippen LogP contribution >= 0.6 is 23.2 Å². The van der Waals surface area contributed by atoms with Gasteiger partial charge in [0.15, 0.2) is 0 Å². The molecule has 2 fully saturated rings. The van der Waals surface area contributed by atoms with Crippen molar-refractivity contribution >= 4 is 29.1 Å². The largest absolute Gasteiger partial charge is 0.480 e. The van der Waals surface area contributed by atoms with Crippen LogP contribution in [0.5, 0.6) is 11.8 Å². The Morgan fingerprint density at radius 2 is 1.44 bits per heavy atom. The van der Waals surface area contributed by atoms with Crippen LogP contribution in [0.3, 0.4) is 0 Å². The Balaban J connectivity index is 1.09. The minimum Gasteiger partial charge on any atom is -0.480 e. The quantitative estimate of drug-likeness (QED) is 0.160. The van der Waals surface area contributed by atoms with Crippen LogP contribution in [0.4, 0.5) is 0 Å². The Kier molecular flexibility index (Phi) is 10.2. The van der Waals surface area contributed by atoms with Gasteiger partial charge in [0.25, 0.3) is 0 Å². The van der Waals surface area contributed by atoms with Gasteiger partial charge < -0.3 is 20.1 Å². The highest BCUT2D eigenvalue weighted by atomic mass is 35.5. The van der Waals surface area contributed by atoms with E-state index in [1.165, 1.54) is 0 Å². The number of halogens is 2. The summed E-state index contributed by atoms with van der Waals surface area (Å²) in [4.78, 5) is 37.2. The average Bonchev–Trinajstić information content (AvgIpc) is 3.55. The molecule has 13 heteroatoms. The van der Waals surface area contributed by atoms with Gasteiger partial charge in [-0.15, -0.1) is 0 Å². The van der Waals surface area contributed by atoms with Crippen molar-refractivity contribution in [1.29, 1.82) is 0 Å². The molecule has 7 rings (SSSR count). The van der Waals surface area contributed by atoms with E-state index in [4.69, 9.17) is 47.6 Å². The fourth-order valence-corrected chi connectivity index (χ4v) is 7.05. The zero-order valence-corrected chi connectivity index (χ0v) is 29.2. The van der Waals surface area contributed by atoms with E-state index in [-0.39, 0.29) is 11.9 Å². The lowest BCUT2D eigenvalue weighted by Crippen LogP contribution is -2.44. The fourth-order valence-electron chi connectivity index (χ4n) is 6.40. The van der Waals surface area contributed by atoms with Crippen molar-refractivity contribution in [2.45, 2.75) is 37.9 Å². The molecule has 2 aromatic carbocycles. The number of nitrogens with one attached hydrogen (secondary N) is 2. The number of benzene rings is 2. The molecule has 2 aliphatic heterocycles. The van der Waals surface area contributed by atoms with Crippen molar-refractivity contribution in [2.24, 2.45) is 0 Å². The Hall–Kier alpha value is -4.68. The van der Waals surface area contributed by atoms with Crippen LogP contribution in [-0.4, -0.2) is 75.6 Å². The molecule has 11 nitrogen and oxygen atoms in total. The van der Waals surface area contributed by atoms with Crippen molar-refractivity contribution in [3.63, 3.8) is 0 Å². The van der Waals surface area contributed by atoms with Crippen LogP contribution in [0.25, 0.3) is 33.6 Å². The maximum atomic E-state index is 11.5. The molecule has 3 aromatic heterocycles. The molecule has 1 amide bonds. The molecule has 0 bridgehead atoms. The zero-order valence-electron chi connectivity index (χ0n) is 27.7. The minimum absolute atomic E-state index is 0.0855. The average molecular weight is 712 g/mol. The highest BCUT2D eigenvalue weighted by Gasteiger charge is 2.30. The molecule has 256 valence electrons. The summed E-state index contributed by atoms with van der Waals surface area (Å²) in [5.41, 5.74) is 6.55. The van der Waals surface area contributed by atoms with E-state index in [2.05, 4.69) is 31.6 Å². The Morgan fingerprint density at radius 3 is 2.02 bits per heavy atom. The van der Waals surface area contributed by atoms with Gasteiger partial charge in [0, 0.05) is 85.2 Å². The first-order valence-corrected chi connectivity index (χ1v) is 17.2. The molecule has 50 heavy (non-hydrogen) atoms. The lowest BCUT2D eigenvalue weighted by atomic mass is 9.95. The topological polar surface area (TPSA) is 127 Å². The maximum absolute atomic E-state index is 11.5. The van der Waals surface area contributed by atoms with E-state index in [0.717, 1.165) is 42.0 Å². The molecule has 5 heterocycles. The van der Waals surface area contributed by atoms with Gasteiger partial charge in [-0.25, -0.2) is 9.97 Å². The van der Waals surface area contributed by atoms with Gasteiger partial charge >= 0.3 is 0 Å². The molecule has 5 aromatic rings. The van der Waals surface area contributed by atoms with E-state index < -0.39 is 0 Å². The van der Waals surface area contributed by atoms with E-state index in [1.54, 1.807) is 26.6 Å². The number of aromatic nitrogens is 5. The van der Waals surface area contributed by atoms with Gasteiger partial charge in [0.1, 0.15) is 11.4 Å². The molecule has 1 atom stereocenters. The summed E-state index contributed by atoms with van der Waals surface area (Å²) >= 11 is 14.2. The summed E-state index contributed by atoms with van der Waals surface area (Å²) in [7, 11) is 3.16. The van der Waals surface area contributed by atoms with Crippen LogP contribution in [0.1, 0.15) is 35.8 Å². The number of likely N-dealkylation sites (tertiary alicyclic amines) is 1. The number of methoxy groups -OCH3 is 2. The van der Waals surface area contributed by atoms with Crippen molar-refractivity contribution in [1.82, 2.24) is 40.5 Å². The number of hydrogen-bond acceptors (Lipinski definition) is 10. The van der Waals surface area contributed by atoms with Gasteiger partial charge in [-0.1, -0.05) is 65.7 Å². The minimum atomic E-state index is 0.0855. The number of amides is 1. The molecular formula is C37H36Cl2N8O3. The van der Waals surface area contributed by atoms with Crippen LogP contribution in [0, 0.1) is 0 Å². The summed E-state index contributed by atoms with van der Waals surface area (Å²) in [6, 6.07) is 17.6. The molecule has 2 aliphatic rings. The van der Waals surface area contributed by atoms with Crippen molar-refractivity contribution < 1.29 is 14.3 Å². The highest BCUT2D eigenvalue weighted by molar-refractivity contribution is 6.39. The first kappa shape index (κ1) is 33.8. The Bertz CT molecular complexity index is 2010. The summed E-state index contributed by atoms with van der Waals surface area (Å²) in [6.45, 7) is 3.51. The van der Waals surface area contributed by atoms with Crippen LogP contribution in [0.2, 0.25) is 10.0 Å². The number of hydrogen-bond donors (Lipinski definition) is 2. The normalized spacial score (nSPS) is 16.2. The van der Waals surface area contributed by atoms with Crippen LogP contribution in [-0.2, 0) is 17.9 Å². The summed E-state index contributed by atoms with van der Waals surface area (Å²) in [5, 5.41) is 7.25. The number of rotatable bonds is 12. The standard InChI is InChI=1S/C37H36Cl2N8O3/c1-49-36-31(16-40-15-23-12-13-33(48)44-23)42-17-29(45-36)26-9-5-7-24(34(26)38)25-8-6-10-27(35(25)39)30-18-43-32(37(46-30)50-2)21-47-19-22(20-47)28-11-3-4-14-41-28/h3-11,14,17-18,22-23,40H,12-13,15-16,19-21H2,1-2H3,(H,44,48). The highest BCUT2D eigenvalue weighted by Crippen LogP contribution is 2.42. The predicted molar refractivity (Wildman–Crippen MR) is 192 cm³/mol. The second kappa shape index (κ2) is 15.1. The van der Waals surface area contributed by atoms with Crippen LogP contribution < -0.4 is 20.1 Å². The van der Waals surface area contributed by atoms with Crippen molar-refractivity contribution in [2.75, 3.05) is 33.9 Å². The maximum Gasteiger partial charge on any atom is 0.237 e. The molecule has 0 saturated carbocycles. The number of ether oxygens (including phenoxy) is 2. The smallest absolute Gasteiger partial charge is 0.237 e. The van der Waals surface area contributed by atoms with E-state index in [0.29, 0.717) is 82.0 Å². The summed E-state index contributed by atoms with van der Waals surface area (Å²) in [5.74, 6) is 1.35. The summed E-state index contributed by atoms with van der Waals surface area (Å²) in [6.07, 6.45) is 6.63. The third-order valence-corrected chi connectivity index (χ3v) is 9.87. The van der Waals surface area contributed by atoms with E-state index >= 15 is 0 Å². The van der Waals surface area contributed by atoms with Gasteiger partial charge in [-0.3, -0.25) is 24.6 Å². The zero-order chi connectivity index (χ0) is 34.6. The van der Waals surface area contributed by atoms with Gasteiger partial charge in [-0.05, 0) is 18.6 Å². The monoisotopic (exact) mass is 710 g/mol. The first-order chi connectivity index (χ1) is 24.4. The van der Waals surface area contributed by atoms with Crippen molar-refractivity contribution in [3.05, 3.63) is 100 Å². The van der Waals surface area contributed by atoms with Gasteiger partial charge in [-0.2, -0.15) is 0 Å². The second-order valence-electron chi connectivity index (χ2n) is 12.3. The third-order valence-electron chi connectivity index (χ3n) is 9.05. The number of carbonyl (C=O) groups is 1. The molecule has 2 saturated heterocycles. The fraction of sp³-hybridized carbons (Fsp3) is 0.297. The number of carbonyl (C=O) groups excluding carboxylic acids is 1. The SMILES string of the molecule is COc1nc(-c2cccc(-c3cccc(-c4cnc(CN5CC(c6ccccn6)C5)c(OC)n4)c3Cl)c2Cl)cnc1CNCC1CCC(=O)N1. The molecule has 1 unspecified atom stereocenters.